The standard InChI is InChI=1S/C19H30N2O/c1-15-13-17(3)18(14-16(15)2)19(22)20-9-8-12-21-10-6-4-5-7-11-21/h13-14H,4-12H2,1-3H3,(H,20,22). The van der Waals surface area contributed by atoms with Crippen LogP contribution in [0.5, 0.6) is 0 Å². The number of likely N-dealkylation sites (tertiary alicyclic amines) is 1. The van der Waals surface area contributed by atoms with Crippen molar-refractivity contribution in [3.8, 4) is 0 Å². The van der Waals surface area contributed by atoms with Crippen LogP contribution in [0, 0.1) is 20.8 Å². The molecule has 22 heavy (non-hydrogen) atoms. The summed E-state index contributed by atoms with van der Waals surface area (Å²) in [7, 11) is 0. The van der Waals surface area contributed by atoms with Gasteiger partial charge >= 0.3 is 0 Å². The van der Waals surface area contributed by atoms with Crippen LogP contribution in [-0.2, 0) is 0 Å². The molecule has 122 valence electrons. The van der Waals surface area contributed by atoms with Gasteiger partial charge in [-0.05, 0) is 82.4 Å². The average molecular weight is 302 g/mol. The first-order chi connectivity index (χ1) is 10.6. The Labute approximate surface area is 135 Å². The lowest BCUT2D eigenvalue weighted by Crippen LogP contribution is -2.31. The minimum absolute atomic E-state index is 0.0662. The Hall–Kier alpha value is -1.35. The first-order valence-corrected chi connectivity index (χ1v) is 8.66. The van der Waals surface area contributed by atoms with Crippen molar-refractivity contribution < 1.29 is 4.79 Å². The number of nitrogens with one attached hydrogen (secondary N) is 1. The lowest BCUT2D eigenvalue weighted by Gasteiger charge is -2.19. The molecule has 3 heteroatoms. The monoisotopic (exact) mass is 302 g/mol. The van der Waals surface area contributed by atoms with E-state index in [2.05, 4.69) is 30.1 Å². The first-order valence-electron chi connectivity index (χ1n) is 8.66. The molecule has 1 saturated heterocycles. The minimum Gasteiger partial charge on any atom is -0.352 e. The average Bonchev–Trinajstić information content (AvgIpc) is 2.76. The van der Waals surface area contributed by atoms with Gasteiger partial charge in [-0.15, -0.1) is 0 Å². The molecule has 1 heterocycles. The topological polar surface area (TPSA) is 32.3 Å². The Balaban J connectivity index is 1.77. The molecule has 0 aromatic heterocycles. The van der Waals surface area contributed by atoms with Crippen LogP contribution in [0.25, 0.3) is 0 Å². The number of carbonyl (C=O) groups is 1. The second-order valence-electron chi connectivity index (χ2n) is 6.62. The van der Waals surface area contributed by atoms with Crippen molar-refractivity contribution in [3.63, 3.8) is 0 Å². The Morgan fingerprint density at radius 1 is 1.00 bits per heavy atom. The van der Waals surface area contributed by atoms with E-state index < -0.39 is 0 Å². The van der Waals surface area contributed by atoms with Gasteiger partial charge in [-0.1, -0.05) is 18.9 Å². The van der Waals surface area contributed by atoms with E-state index in [1.165, 1.54) is 49.9 Å². The normalized spacial score (nSPS) is 16.3. The van der Waals surface area contributed by atoms with E-state index >= 15 is 0 Å². The summed E-state index contributed by atoms with van der Waals surface area (Å²) in [6.45, 7) is 10.5. The van der Waals surface area contributed by atoms with Gasteiger partial charge in [0, 0.05) is 12.1 Å². The van der Waals surface area contributed by atoms with E-state index in [-0.39, 0.29) is 5.91 Å². The van der Waals surface area contributed by atoms with Crippen molar-refractivity contribution in [2.24, 2.45) is 0 Å². The molecule has 3 nitrogen and oxygen atoms in total. The summed E-state index contributed by atoms with van der Waals surface area (Å²) in [5.41, 5.74) is 4.31. The van der Waals surface area contributed by atoms with Gasteiger partial charge in [0.1, 0.15) is 0 Å². The third kappa shape index (κ3) is 4.84. The predicted molar refractivity (Wildman–Crippen MR) is 92.5 cm³/mol. The Bertz CT molecular complexity index is 502. The molecule has 2 rings (SSSR count). The van der Waals surface area contributed by atoms with E-state index in [0.29, 0.717) is 0 Å². The van der Waals surface area contributed by atoms with Crippen molar-refractivity contribution >= 4 is 5.91 Å². The van der Waals surface area contributed by atoms with Crippen molar-refractivity contribution in [2.45, 2.75) is 52.9 Å². The lowest BCUT2D eigenvalue weighted by molar-refractivity contribution is 0.0951. The number of aryl methyl sites for hydroxylation is 3. The molecule has 0 unspecified atom stereocenters. The second kappa shape index (κ2) is 8.33. The third-order valence-electron chi connectivity index (χ3n) is 4.72. The summed E-state index contributed by atoms with van der Waals surface area (Å²) in [4.78, 5) is 14.9. The fraction of sp³-hybridized carbons (Fsp3) is 0.632. The van der Waals surface area contributed by atoms with E-state index in [0.717, 1.165) is 30.6 Å². The number of amides is 1. The van der Waals surface area contributed by atoms with Crippen LogP contribution in [0.15, 0.2) is 12.1 Å². The molecule has 1 aliphatic rings. The SMILES string of the molecule is Cc1cc(C)c(C(=O)NCCCN2CCCCCC2)cc1C. The molecule has 1 amide bonds. The lowest BCUT2D eigenvalue weighted by atomic mass is 10.0. The van der Waals surface area contributed by atoms with Gasteiger partial charge in [0.25, 0.3) is 5.91 Å². The van der Waals surface area contributed by atoms with Crippen molar-refractivity contribution in [3.05, 3.63) is 34.4 Å². The van der Waals surface area contributed by atoms with E-state index in [1.54, 1.807) is 0 Å². The zero-order valence-electron chi connectivity index (χ0n) is 14.4. The number of hydrogen-bond acceptors (Lipinski definition) is 2. The quantitative estimate of drug-likeness (QED) is 0.843. The first kappa shape index (κ1) is 17.0. The van der Waals surface area contributed by atoms with Crippen LogP contribution in [0.4, 0.5) is 0 Å². The largest absolute Gasteiger partial charge is 0.352 e. The fourth-order valence-electron chi connectivity index (χ4n) is 3.16. The molecule has 0 saturated carbocycles. The summed E-state index contributed by atoms with van der Waals surface area (Å²) in [5.74, 6) is 0.0662. The van der Waals surface area contributed by atoms with Gasteiger partial charge in [-0.2, -0.15) is 0 Å². The van der Waals surface area contributed by atoms with E-state index in [4.69, 9.17) is 0 Å². The number of carbonyl (C=O) groups excluding carboxylic acids is 1. The summed E-state index contributed by atoms with van der Waals surface area (Å²) in [6, 6.07) is 4.11. The van der Waals surface area contributed by atoms with Crippen molar-refractivity contribution in [1.82, 2.24) is 10.2 Å². The molecule has 1 fully saturated rings. The highest BCUT2D eigenvalue weighted by molar-refractivity contribution is 5.95. The van der Waals surface area contributed by atoms with Crippen LogP contribution in [0.1, 0.15) is 59.2 Å². The molecular formula is C19H30N2O. The van der Waals surface area contributed by atoms with Crippen LogP contribution in [0.3, 0.4) is 0 Å². The molecule has 0 bridgehead atoms. The molecule has 0 aliphatic carbocycles. The zero-order chi connectivity index (χ0) is 15.9. The molecule has 0 spiro atoms. The molecular weight excluding hydrogens is 272 g/mol. The second-order valence-corrected chi connectivity index (χ2v) is 6.62. The van der Waals surface area contributed by atoms with Gasteiger partial charge in [0.2, 0.25) is 0 Å². The highest BCUT2D eigenvalue weighted by Gasteiger charge is 2.11. The predicted octanol–water partition coefficient (Wildman–Crippen LogP) is 3.61. The van der Waals surface area contributed by atoms with Gasteiger partial charge < -0.3 is 10.2 Å². The van der Waals surface area contributed by atoms with Crippen molar-refractivity contribution in [2.75, 3.05) is 26.2 Å². The van der Waals surface area contributed by atoms with E-state index in [1.807, 2.05) is 13.0 Å². The number of benzene rings is 1. The van der Waals surface area contributed by atoms with Crippen LogP contribution >= 0.6 is 0 Å². The Kier molecular flexibility index (Phi) is 6.44. The molecule has 1 aromatic carbocycles. The van der Waals surface area contributed by atoms with E-state index in [9.17, 15) is 4.79 Å². The number of rotatable bonds is 5. The Morgan fingerprint density at radius 3 is 2.32 bits per heavy atom. The number of hydrogen-bond donors (Lipinski definition) is 1. The molecule has 0 radical (unpaired) electrons. The highest BCUT2D eigenvalue weighted by Crippen LogP contribution is 2.15. The number of nitrogens with zero attached hydrogens (tertiary/aromatic N) is 1. The molecule has 1 aliphatic heterocycles. The van der Waals surface area contributed by atoms with Crippen LogP contribution in [-0.4, -0.2) is 37.0 Å². The molecule has 1 aromatic rings. The highest BCUT2D eigenvalue weighted by atomic mass is 16.1. The summed E-state index contributed by atoms with van der Waals surface area (Å²) in [5, 5.41) is 3.08. The minimum atomic E-state index is 0.0662. The maximum atomic E-state index is 12.3. The van der Waals surface area contributed by atoms with Gasteiger partial charge in [-0.25, -0.2) is 0 Å². The van der Waals surface area contributed by atoms with Gasteiger partial charge in [0.05, 0.1) is 0 Å². The third-order valence-corrected chi connectivity index (χ3v) is 4.72. The fourth-order valence-corrected chi connectivity index (χ4v) is 3.16. The molecule has 1 N–H and O–H groups in total. The zero-order valence-corrected chi connectivity index (χ0v) is 14.4. The Morgan fingerprint density at radius 2 is 1.64 bits per heavy atom. The summed E-state index contributed by atoms with van der Waals surface area (Å²) in [6.07, 6.45) is 6.44. The summed E-state index contributed by atoms with van der Waals surface area (Å²) >= 11 is 0. The smallest absolute Gasteiger partial charge is 0.251 e. The van der Waals surface area contributed by atoms with Crippen molar-refractivity contribution in [1.29, 1.82) is 0 Å². The maximum absolute atomic E-state index is 12.3. The van der Waals surface area contributed by atoms with Gasteiger partial charge in [0.15, 0.2) is 0 Å². The molecule has 0 atom stereocenters. The van der Waals surface area contributed by atoms with Gasteiger partial charge in [-0.3, -0.25) is 4.79 Å². The van der Waals surface area contributed by atoms with Crippen LogP contribution < -0.4 is 5.32 Å². The maximum Gasteiger partial charge on any atom is 0.251 e. The summed E-state index contributed by atoms with van der Waals surface area (Å²) < 4.78 is 0. The van der Waals surface area contributed by atoms with Crippen LogP contribution in [0.2, 0.25) is 0 Å².